The third kappa shape index (κ3) is 3.78. The topological polar surface area (TPSA) is 107 Å². The van der Waals surface area contributed by atoms with Gasteiger partial charge in [0, 0.05) is 4.47 Å². The number of nitro groups is 1. The van der Waals surface area contributed by atoms with Crippen molar-refractivity contribution in [2.45, 2.75) is 6.54 Å². The lowest BCUT2D eigenvalue weighted by atomic mass is 10.3. The first-order valence-corrected chi connectivity index (χ1v) is 6.63. The van der Waals surface area contributed by atoms with Gasteiger partial charge in [0.15, 0.2) is 0 Å². The maximum Gasteiger partial charge on any atom is 0.350 e. The van der Waals surface area contributed by atoms with Gasteiger partial charge in [-0.15, -0.1) is 0 Å². The molecule has 1 aromatic heterocycles. The summed E-state index contributed by atoms with van der Waals surface area (Å²) in [5, 5.41) is 10.7. The summed E-state index contributed by atoms with van der Waals surface area (Å²) < 4.78 is 7.29. The number of aromatic nitrogens is 2. The molecule has 9 heteroatoms. The SMILES string of the molecule is O=c1[nH]c(=O)n(CCOc2cccc(Br)c2)cc1[N+](=O)[O-]. The first-order valence-electron chi connectivity index (χ1n) is 5.84. The lowest BCUT2D eigenvalue weighted by Gasteiger charge is -2.07. The van der Waals surface area contributed by atoms with E-state index in [0.29, 0.717) is 5.75 Å². The average molecular weight is 356 g/mol. The minimum atomic E-state index is -1.02. The number of benzene rings is 1. The fourth-order valence-corrected chi connectivity index (χ4v) is 1.99. The van der Waals surface area contributed by atoms with Crippen LogP contribution in [0.3, 0.4) is 0 Å². The molecule has 0 aliphatic heterocycles. The van der Waals surface area contributed by atoms with Crippen molar-refractivity contribution in [1.82, 2.24) is 9.55 Å². The van der Waals surface area contributed by atoms with Gasteiger partial charge >= 0.3 is 16.9 Å². The minimum Gasteiger partial charge on any atom is -0.492 e. The van der Waals surface area contributed by atoms with Crippen molar-refractivity contribution in [2.75, 3.05) is 6.61 Å². The Kier molecular flexibility index (Phi) is 4.53. The number of hydrogen-bond acceptors (Lipinski definition) is 5. The summed E-state index contributed by atoms with van der Waals surface area (Å²) in [5.74, 6) is 0.594. The largest absolute Gasteiger partial charge is 0.492 e. The fourth-order valence-electron chi connectivity index (χ4n) is 1.61. The van der Waals surface area contributed by atoms with E-state index in [0.717, 1.165) is 15.2 Å². The van der Waals surface area contributed by atoms with Gasteiger partial charge < -0.3 is 4.74 Å². The van der Waals surface area contributed by atoms with Crippen LogP contribution < -0.4 is 16.0 Å². The van der Waals surface area contributed by atoms with Crippen LogP contribution >= 0.6 is 15.9 Å². The Bertz CT molecular complexity index is 783. The van der Waals surface area contributed by atoms with E-state index in [2.05, 4.69) is 15.9 Å². The number of rotatable bonds is 5. The van der Waals surface area contributed by atoms with Gasteiger partial charge in [0.1, 0.15) is 12.4 Å². The summed E-state index contributed by atoms with van der Waals surface area (Å²) in [5.41, 5.74) is -2.42. The van der Waals surface area contributed by atoms with Crippen LogP contribution in [-0.4, -0.2) is 21.1 Å². The molecule has 110 valence electrons. The Labute approximate surface area is 126 Å². The zero-order valence-corrected chi connectivity index (χ0v) is 12.2. The molecule has 0 aliphatic carbocycles. The summed E-state index contributed by atoms with van der Waals surface area (Å²) in [6.45, 7) is 0.197. The molecule has 2 rings (SSSR count). The molecule has 1 aromatic carbocycles. The molecule has 1 heterocycles. The van der Waals surface area contributed by atoms with Gasteiger partial charge in [-0.3, -0.25) is 24.5 Å². The molecule has 0 saturated carbocycles. The molecule has 0 radical (unpaired) electrons. The van der Waals surface area contributed by atoms with Crippen molar-refractivity contribution in [2.24, 2.45) is 0 Å². The Morgan fingerprint density at radius 1 is 1.38 bits per heavy atom. The van der Waals surface area contributed by atoms with Gasteiger partial charge in [-0.1, -0.05) is 22.0 Å². The maximum atomic E-state index is 11.5. The molecule has 0 unspecified atom stereocenters. The van der Waals surface area contributed by atoms with Crippen LogP contribution in [0.2, 0.25) is 0 Å². The summed E-state index contributed by atoms with van der Waals surface area (Å²) in [6, 6.07) is 7.11. The highest BCUT2D eigenvalue weighted by atomic mass is 79.9. The summed E-state index contributed by atoms with van der Waals surface area (Å²) in [7, 11) is 0. The van der Waals surface area contributed by atoms with E-state index < -0.39 is 21.9 Å². The molecule has 0 atom stereocenters. The second-order valence-corrected chi connectivity index (χ2v) is 4.95. The Balaban J connectivity index is 2.10. The highest BCUT2D eigenvalue weighted by molar-refractivity contribution is 9.10. The van der Waals surface area contributed by atoms with Crippen LogP contribution in [0.15, 0.2) is 44.5 Å². The maximum absolute atomic E-state index is 11.5. The zero-order chi connectivity index (χ0) is 15.4. The number of aromatic amines is 1. The average Bonchev–Trinajstić information content (AvgIpc) is 2.41. The number of nitrogens with one attached hydrogen (secondary N) is 1. The normalized spacial score (nSPS) is 10.3. The second kappa shape index (κ2) is 6.35. The zero-order valence-electron chi connectivity index (χ0n) is 10.6. The number of ether oxygens (including phenoxy) is 1. The van der Waals surface area contributed by atoms with Crippen molar-refractivity contribution in [3.8, 4) is 5.75 Å². The third-order valence-corrected chi connectivity index (χ3v) is 3.08. The van der Waals surface area contributed by atoms with Crippen molar-refractivity contribution >= 4 is 21.6 Å². The molecule has 0 aliphatic rings. The standard InChI is InChI=1S/C12H10BrN3O5/c13-8-2-1-3-9(6-8)21-5-4-15-7-10(16(19)20)11(17)14-12(15)18/h1-3,6-7H,4-5H2,(H,14,17,18). The highest BCUT2D eigenvalue weighted by Gasteiger charge is 2.14. The molecule has 0 fully saturated rings. The molecular formula is C12H10BrN3O5. The number of halogens is 1. The molecule has 2 aromatic rings. The van der Waals surface area contributed by atoms with E-state index in [1.807, 2.05) is 11.1 Å². The molecule has 0 amide bonds. The van der Waals surface area contributed by atoms with Crippen molar-refractivity contribution < 1.29 is 9.66 Å². The van der Waals surface area contributed by atoms with E-state index in [-0.39, 0.29) is 13.2 Å². The minimum absolute atomic E-state index is 0.0724. The number of nitrogens with zero attached hydrogens (tertiary/aromatic N) is 2. The molecular weight excluding hydrogens is 346 g/mol. The summed E-state index contributed by atoms with van der Waals surface area (Å²) in [6.07, 6.45) is 0.908. The Morgan fingerprint density at radius 3 is 2.81 bits per heavy atom. The first-order chi connectivity index (χ1) is 9.97. The van der Waals surface area contributed by atoms with Gasteiger partial charge in [0.05, 0.1) is 17.7 Å². The van der Waals surface area contributed by atoms with Gasteiger partial charge in [0.25, 0.3) is 0 Å². The lowest BCUT2D eigenvalue weighted by Crippen LogP contribution is -2.32. The monoisotopic (exact) mass is 355 g/mol. The Hall–Kier alpha value is -2.42. The molecule has 8 nitrogen and oxygen atoms in total. The van der Waals surface area contributed by atoms with Crippen LogP contribution in [-0.2, 0) is 6.54 Å². The fraction of sp³-hybridized carbons (Fsp3) is 0.167. The number of H-pyrrole nitrogens is 1. The lowest BCUT2D eigenvalue weighted by molar-refractivity contribution is -0.386. The molecule has 0 saturated heterocycles. The van der Waals surface area contributed by atoms with E-state index in [1.165, 1.54) is 0 Å². The third-order valence-electron chi connectivity index (χ3n) is 2.59. The van der Waals surface area contributed by atoms with Crippen LogP contribution in [0.25, 0.3) is 0 Å². The van der Waals surface area contributed by atoms with Gasteiger partial charge in [-0.05, 0) is 18.2 Å². The van der Waals surface area contributed by atoms with Crippen LogP contribution in [0.4, 0.5) is 5.69 Å². The Morgan fingerprint density at radius 2 is 2.14 bits per heavy atom. The molecule has 1 N–H and O–H groups in total. The van der Waals surface area contributed by atoms with Crippen LogP contribution in [0.1, 0.15) is 0 Å². The van der Waals surface area contributed by atoms with Crippen LogP contribution in [0, 0.1) is 10.1 Å². The predicted molar refractivity (Wildman–Crippen MR) is 77.6 cm³/mol. The van der Waals surface area contributed by atoms with E-state index in [9.17, 15) is 19.7 Å². The van der Waals surface area contributed by atoms with Gasteiger partial charge in [-0.2, -0.15) is 0 Å². The molecule has 21 heavy (non-hydrogen) atoms. The number of hydrogen-bond donors (Lipinski definition) is 1. The molecule has 0 bridgehead atoms. The van der Waals surface area contributed by atoms with Gasteiger partial charge in [-0.25, -0.2) is 4.79 Å². The first kappa shape index (κ1) is 15.0. The van der Waals surface area contributed by atoms with E-state index in [1.54, 1.807) is 18.2 Å². The van der Waals surface area contributed by atoms with Crippen molar-refractivity contribution in [3.05, 3.63) is 65.9 Å². The van der Waals surface area contributed by atoms with Gasteiger partial charge in [0.2, 0.25) is 0 Å². The quantitative estimate of drug-likeness (QED) is 0.642. The smallest absolute Gasteiger partial charge is 0.350 e. The van der Waals surface area contributed by atoms with Crippen molar-refractivity contribution in [1.29, 1.82) is 0 Å². The predicted octanol–water partition coefficient (Wildman–Crippen LogP) is 1.29. The summed E-state index contributed by atoms with van der Waals surface area (Å²) in [4.78, 5) is 34.5. The van der Waals surface area contributed by atoms with E-state index >= 15 is 0 Å². The second-order valence-electron chi connectivity index (χ2n) is 4.03. The summed E-state index contributed by atoms with van der Waals surface area (Å²) >= 11 is 3.29. The molecule has 0 spiro atoms. The highest BCUT2D eigenvalue weighted by Crippen LogP contribution is 2.17. The van der Waals surface area contributed by atoms with E-state index in [4.69, 9.17) is 4.74 Å². The van der Waals surface area contributed by atoms with Crippen LogP contribution in [0.5, 0.6) is 5.75 Å². The van der Waals surface area contributed by atoms with Crippen molar-refractivity contribution in [3.63, 3.8) is 0 Å².